The van der Waals surface area contributed by atoms with Crippen molar-refractivity contribution in [1.82, 2.24) is 0 Å². The molecular formula is C15H13BrClNO2. The van der Waals surface area contributed by atoms with Gasteiger partial charge in [0, 0.05) is 21.3 Å². The van der Waals surface area contributed by atoms with Crippen molar-refractivity contribution in [1.29, 1.82) is 0 Å². The van der Waals surface area contributed by atoms with E-state index in [1.165, 1.54) is 0 Å². The lowest BCUT2D eigenvalue weighted by atomic mass is 10.2. The Balaban J connectivity index is 2.35. The highest BCUT2D eigenvalue weighted by Crippen LogP contribution is 2.31. The number of hydrogen-bond donors (Lipinski definition) is 1. The molecule has 5 heteroatoms. The van der Waals surface area contributed by atoms with Crippen molar-refractivity contribution in [3.05, 3.63) is 51.5 Å². The zero-order valence-corrected chi connectivity index (χ0v) is 13.1. The van der Waals surface area contributed by atoms with Crippen LogP contribution in [0.15, 0.2) is 45.9 Å². The van der Waals surface area contributed by atoms with Crippen LogP contribution in [0.25, 0.3) is 0 Å². The second-order valence-corrected chi connectivity index (χ2v) is 5.36. The summed E-state index contributed by atoms with van der Waals surface area (Å²) in [7, 11) is 0. The molecule has 0 atom stereocenters. The maximum Gasteiger partial charge on any atom is 0.144 e. The predicted molar refractivity (Wildman–Crippen MR) is 85.7 cm³/mol. The fraction of sp³-hybridized carbons (Fsp3) is 0.133. The molecule has 0 aliphatic carbocycles. The third kappa shape index (κ3) is 3.74. The summed E-state index contributed by atoms with van der Waals surface area (Å²) in [5, 5.41) is 10.4. The number of halogens is 2. The molecule has 0 aliphatic heterocycles. The van der Waals surface area contributed by atoms with Crippen LogP contribution in [0.5, 0.6) is 11.5 Å². The van der Waals surface area contributed by atoms with Gasteiger partial charge in [-0.3, -0.25) is 4.99 Å². The van der Waals surface area contributed by atoms with Crippen molar-refractivity contribution in [2.75, 3.05) is 6.61 Å². The lowest BCUT2D eigenvalue weighted by molar-refractivity contribution is 0.341. The predicted octanol–water partition coefficient (Wildman–Crippen LogP) is 4.96. The normalized spacial score (nSPS) is 10.9. The lowest BCUT2D eigenvalue weighted by Gasteiger charge is -2.07. The average molecular weight is 355 g/mol. The molecule has 2 aromatic carbocycles. The number of benzene rings is 2. The van der Waals surface area contributed by atoms with Crippen LogP contribution in [0.3, 0.4) is 0 Å². The van der Waals surface area contributed by atoms with Crippen molar-refractivity contribution in [2.24, 2.45) is 4.99 Å². The molecule has 0 fully saturated rings. The van der Waals surface area contributed by atoms with Crippen molar-refractivity contribution in [2.45, 2.75) is 6.92 Å². The number of aromatic hydroxyl groups is 1. The van der Waals surface area contributed by atoms with E-state index in [0.29, 0.717) is 28.6 Å². The molecule has 0 amide bonds. The van der Waals surface area contributed by atoms with E-state index in [4.69, 9.17) is 16.3 Å². The van der Waals surface area contributed by atoms with Gasteiger partial charge in [-0.25, -0.2) is 0 Å². The Labute approximate surface area is 131 Å². The second-order valence-electron chi connectivity index (χ2n) is 4.01. The summed E-state index contributed by atoms with van der Waals surface area (Å²) < 4.78 is 6.36. The van der Waals surface area contributed by atoms with Crippen LogP contribution in [0, 0.1) is 0 Å². The molecule has 0 aliphatic rings. The van der Waals surface area contributed by atoms with Crippen molar-refractivity contribution in [3.63, 3.8) is 0 Å². The van der Waals surface area contributed by atoms with Gasteiger partial charge in [0.15, 0.2) is 0 Å². The van der Waals surface area contributed by atoms with Gasteiger partial charge in [0.25, 0.3) is 0 Å². The maximum atomic E-state index is 9.77. The summed E-state index contributed by atoms with van der Waals surface area (Å²) >= 11 is 9.32. The Hall–Kier alpha value is -1.52. The Morgan fingerprint density at radius 1 is 1.30 bits per heavy atom. The van der Waals surface area contributed by atoms with Crippen LogP contribution in [0.2, 0.25) is 5.02 Å². The number of rotatable bonds is 4. The van der Waals surface area contributed by atoms with Crippen LogP contribution in [-0.4, -0.2) is 17.9 Å². The summed E-state index contributed by atoms with van der Waals surface area (Å²) in [5.74, 6) is 0.819. The smallest absolute Gasteiger partial charge is 0.144 e. The third-order valence-corrected chi connectivity index (χ3v) is 3.28. The topological polar surface area (TPSA) is 41.8 Å². The highest BCUT2D eigenvalue weighted by molar-refractivity contribution is 9.10. The van der Waals surface area contributed by atoms with Gasteiger partial charge in [-0.15, -0.1) is 0 Å². The van der Waals surface area contributed by atoms with E-state index in [0.717, 1.165) is 4.47 Å². The standard InChI is InChI=1S/C15H13BrClNO2/c1-2-20-15-6-4-12(17)8-13(15)18-9-10-7-11(16)3-5-14(10)19/h3-9,19H,2H2,1H3. The van der Waals surface area contributed by atoms with E-state index in [2.05, 4.69) is 20.9 Å². The summed E-state index contributed by atoms with van der Waals surface area (Å²) in [4.78, 5) is 4.34. The number of aliphatic imine (C=N–C) groups is 1. The molecule has 2 rings (SSSR count). The molecule has 20 heavy (non-hydrogen) atoms. The number of hydrogen-bond acceptors (Lipinski definition) is 3. The van der Waals surface area contributed by atoms with E-state index in [1.54, 1.807) is 42.6 Å². The maximum absolute atomic E-state index is 9.77. The molecule has 0 spiro atoms. The molecule has 0 saturated heterocycles. The fourth-order valence-electron chi connectivity index (χ4n) is 1.64. The first-order chi connectivity index (χ1) is 9.60. The highest BCUT2D eigenvalue weighted by Gasteiger charge is 2.04. The van der Waals surface area contributed by atoms with Gasteiger partial charge < -0.3 is 9.84 Å². The first-order valence-corrected chi connectivity index (χ1v) is 7.22. The van der Waals surface area contributed by atoms with Gasteiger partial charge in [-0.2, -0.15) is 0 Å². The van der Waals surface area contributed by atoms with Crippen molar-refractivity contribution in [3.8, 4) is 11.5 Å². The van der Waals surface area contributed by atoms with Gasteiger partial charge in [-0.1, -0.05) is 27.5 Å². The van der Waals surface area contributed by atoms with E-state index < -0.39 is 0 Å². The molecule has 2 aromatic rings. The summed E-state index contributed by atoms with van der Waals surface area (Å²) in [6.45, 7) is 2.45. The molecule has 0 aromatic heterocycles. The van der Waals surface area contributed by atoms with Crippen LogP contribution in [-0.2, 0) is 0 Å². The number of phenolic OH excluding ortho intramolecular Hbond substituents is 1. The molecule has 0 saturated carbocycles. The second kappa shape index (κ2) is 6.77. The first-order valence-electron chi connectivity index (χ1n) is 6.05. The molecule has 0 bridgehead atoms. The third-order valence-electron chi connectivity index (χ3n) is 2.55. The van der Waals surface area contributed by atoms with Gasteiger partial charge in [0.2, 0.25) is 0 Å². The Morgan fingerprint density at radius 2 is 2.10 bits per heavy atom. The fourth-order valence-corrected chi connectivity index (χ4v) is 2.18. The van der Waals surface area contributed by atoms with Gasteiger partial charge in [-0.05, 0) is 43.3 Å². The number of ether oxygens (including phenoxy) is 1. The minimum Gasteiger partial charge on any atom is -0.507 e. The van der Waals surface area contributed by atoms with Gasteiger partial charge in [0.1, 0.15) is 17.2 Å². The van der Waals surface area contributed by atoms with Crippen LogP contribution >= 0.6 is 27.5 Å². The van der Waals surface area contributed by atoms with Gasteiger partial charge >= 0.3 is 0 Å². The number of nitrogens with zero attached hydrogens (tertiary/aromatic N) is 1. The number of phenols is 1. The molecule has 0 radical (unpaired) electrons. The van der Waals surface area contributed by atoms with E-state index >= 15 is 0 Å². The highest BCUT2D eigenvalue weighted by atomic mass is 79.9. The first kappa shape index (κ1) is 14.9. The van der Waals surface area contributed by atoms with Crippen molar-refractivity contribution >= 4 is 39.4 Å². The van der Waals surface area contributed by atoms with E-state index in [1.807, 2.05) is 6.92 Å². The summed E-state index contributed by atoms with van der Waals surface area (Å²) in [6, 6.07) is 10.4. The SMILES string of the molecule is CCOc1ccc(Cl)cc1N=Cc1cc(Br)ccc1O. The van der Waals surface area contributed by atoms with Crippen molar-refractivity contribution < 1.29 is 9.84 Å². The van der Waals surface area contributed by atoms with Crippen LogP contribution in [0.1, 0.15) is 12.5 Å². The minimum absolute atomic E-state index is 0.164. The molecule has 3 nitrogen and oxygen atoms in total. The Kier molecular flexibility index (Phi) is 5.04. The molecule has 104 valence electrons. The van der Waals surface area contributed by atoms with E-state index in [-0.39, 0.29) is 5.75 Å². The quantitative estimate of drug-likeness (QED) is 0.789. The van der Waals surface area contributed by atoms with Gasteiger partial charge in [0.05, 0.1) is 6.61 Å². The zero-order valence-electron chi connectivity index (χ0n) is 10.8. The monoisotopic (exact) mass is 353 g/mol. The molecule has 0 unspecified atom stereocenters. The summed E-state index contributed by atoms with van der Waals surface area (Å²) in [5.41, 5.74) is 1.24. The average Bonchev–Trinajstić information content (AvgIpc) is 2.42. The van der Waals surface area contributed by atoms with E-state index in [9.17, 15) is 5.11 Å². The van der Waals surface area contributed by atoms with Crippen LogP contribution in [0.4, 0.5) is 5.69 Å². The Morgan fingerprint density at radius 3 is 2.85 bits per heavy atom. The Bertz CT molecular complexity index is 644. The molecular weight excluding hydrogens is 342 g/mol. The lowest BCUT2D eigenvalue weighted by Crippen LogP contribution is -1.91. The van der Waals surface area contributed by atoms with Crippen LogP contribution < -0.4 is 4.74 Å². The molecule has 0 heterocycles. The molecule has 1 N–H and O–H groups in total. The minimum atomic E-state index is 0.164. The zero-order chi connectivity index (χ0) is 14.5. The largest absolute Gasteiger partial charge is 0.507 e. The summed E-state index contributed by atoms with van der Waals surface area (Å²) in [6.07, 6.45) is 1.58.